The molecule has 0 saturated heterocycles. The normalized spacial score (nSPS) is 12.7. The van der Waals surface area contributed by atoms with Crippen LogP contribution in [0.25, 0.3) is 0 Å². The number of carbonyl (C=O) groups is 2. The number of hydrogen-bond donors (Lipinski definition) is 2. The first-order valence-electron chi connectivity index (χ1n) is 9.32. The molecule has 2 aromatic carbocycles. The molecule has 0 heterocycles. The molecule has 0 spiro atoms. The van der Waals surface area contributed by atoms with Crippen molar-refractivity contribution in [1.82, 2.24) is 10.6 Å². The van der Waals surface area contributed by atoms with Crippen LogP contribution in [0.1, 0.15) is 43.9 Å². The molecule has 0 saturated carbocycles. The van der Waals surface area contributed by atoms with Crippen molar-refractivity contribution in [2.75, 3.05) is 7.11 Å². The monoisotopic (exact) mass is 446 g/mol. The molecular formula is C22H27BrN2O3. The van der Waals surface area contributed by atoms with Crippen molar-refractivity contribution in [3.8, 4) is 5.75 Å². The molecule has 0 aliphatic heterocycles. The number of ether oxygens (including phenoxy) is 1. The van der Waals surface area contributed by atoms with Crippen LogP contribution in [0, 0.1) is 0 Å². The molecule has 28 heavy (non-hydrogen) atoms. The predicted molar refractivity (Wildman–Crippen MR) is 114 cm³/mol. The van der Waals surface area contributed by atoms with E-state index in [1.165, 1.54) is 12.5 Å². The Morgan fingerprint density at radius 1 is 1.04 bits per heavy atom. The Morgan fingerprint density at radius 3 is 2.25 bits per heavy atom. The zero-order chi connectivity index (χ0) is 20.5. The first-order chi connectivity index (χ1) is 13.4. The lowest BCUT2D eigenvalue weighted by atomic mass is 10.0. The van der Waals surface area contributed by atoms with Gasteiger partial charge in [0, 0.05) is 17.4 Å². The predicted octanol–water partition coefficient (Wildman–Crippen LogP) is 4.16. The fourth-order valence-corrected chi connectivity index (χ4v) is 3.22. The van der Waals surface area contributed by atoms with Gasteiger partial charge in [0.15, 0.2) is 0 Å². The van der Waals surface area contributed by atoms with E-state index in [-0.39, 0.29) is 30.3 Å². The van der Waals surface area contributed by atoms with Crippen LogP contribution >= 0.6 is 15.9 Å². The Labute approximate surface area is 175 Å². The number of rotatable bonds is 9. The average molecular weight is 447 g/mol. The van der Waals surface area contributed by atoms with E-state index in [9.17, 15) is 9.59 Å². The number of benzene rings is 2. The smallest absolute Gasteiger partial charge is 0.222 e. The lowest BCUT2D eigenvalue weighted by Gasteiger charge is -2.20. The van der Waals surface area contributed by atoms with Gasteiger partial charge in [0.2, 0.25) is 11.8 Å². The molecule has 2 atom stereocenters. The molecule has 0 aliphatic rings. The van der Waals surface area contributed by atoms with Crippen LogP contribution in [-0.2, 0) is 16.0 Å². The summed E-state index contributed by atoms with van der Waals surface area (Å²) in [5.41, 5.74) is 2.10. The van der Waals surface area contributed by atoms with Gasteiger partial charge in [-0.2, -0.15) is 0 Å². The van der Waals surface area contributed by atoms with Crippen LogP contribution in [0.3, 0.4) is 0 Å². The van der Waals surface area contributed by atoms with Crippen LogP contribution in [0.5, 0.6) is 5.75 Å². The highest BCUT2D eigenvalue weighted by Crippen LogP contribution is 2.20. The molecular weight excluding hydrogens is 420 g/mol. The third-order valence-corrected chi connectivity index (χ3v) is 5.00. The van der Waals surface area contributed by atoms with Crippen LogP contribution in [0.2, 0.25) is 0 Å². The van der Waals surface area contributed by atoms with Gasteiger partial charge in [0.05, 0.1) is 19.6 Å². The second-order valence-corrected chi connectivity index (χ2v) is 7.78. The molecule has 5 nitrogen and oxygen atoms in total. The summed E-state index contributed by atoms with van der Waals surface area (Å²) in [6, 6.07) is 15.2. The van der Waals surface area contributed by atoms with Gasteiger partial charge < -0.3 is 15.4 Å². The first-order valence-corrected chi connectivity index (χ1v) is 10.1. The van der Waals surface area contributed by atoms with Gasteiger partial charge in [-0.3, -0.25) is 9.59 Å². The lowest BCUT2D eigenvalue weighted by molar-refractivity contribution is -0.123. The molecule has 2 unspecified atom stereocenters. The van der Waals surface area contributed by atoms with E-state index in [0.717, 1.165) is 28.6 Å². The Balaban J connectivity index is 1.90. The van der Waals surface area contributed by atoms with Crippen molar-refractivity contribution in [2.24, 2.45) is 0 Å². The van der Waals surface area contributed by atoms with Gasteiger partial charge in [-0.25, -0.2) is 0 Å². The van der Waals surface area contributed by atoms with E-state index >= 15 is 0 Å². The fraction of sp³-hybridized carbons (Fsp3) is 0.364. The maximum atomic E-state index is 12.5. The molecule has 0 radical (unpaired) electrons. The highest BCUT2D eigenvalue weighted by atomic mass is 79.9. The van der Waals surface area contributed by atoms with E-state index in [4.69, 9.17) is 4.74 Å². The van der Waals surface area contributed by atoms with Crippen molar-refractivity contribution in [2.45, 2.75) is 45.2 Å². The summed E-state index contributed by atoms with van der Waals surface area (Å²) in [5, 5.41) is 5.89. The summed E-state index contributed by atoms with van der Waals surface area (Å²) in [7, 11) is 1.60. The number of amides is 2. The number of carbonyl (C=O) groups excluding carboxylic acids is 2. The zero-order valence-corrected chi connectivity index (χ0v) is 18.1. The lowest BCUT2D eigenvalue weighted by Crippen LogP contribution is -2.37. The highest BCUT2D eigenvalue weighted by Gasteiger charge is 2.18. The molecule has 2 amide bonds. The Hall–Kier alpha value is -2.34. The average Bonchev–Trinajstić information content (AvgIpc) is 2.66. The Kier molecular flexibility index (Phi) is 8.51. The topological polar surface area (TPSA) is 67.4 Å². The fourth-order valence-electron chi connectivity index (χ4n) is 2.96. The zero-order valence-electron chi connectivity index (χ0n) is 16.5. The van der Waals surface area contributed by atoms with E-state index in [1.807, 2.05) is 43.3 Å². The highest BCUT2D eigenvalue weighted by molar-refractivity contribution is 9.10. The van der Waals surface area contributed by atoms with Crippen molar-refractivity contribution < 1.29 is 14.3 Å². The maximum absolute atomic E-state index is 12.5. The third-order valence-electron chi connectivity index (χ3n) is 4.47. The SMILES string of the molecule is COc1ccc(C(CC(=O)NC(C)CCc2ccc(Br)cc2)NC(C)=O)cc1. The summed E-state index contributed by atoms with van der Waals surface area (Å²) in [6.07, 6.45) is 1.93. The third kappa shape index (κ3) is 7.35. The summed E-state index contributed by atoms with van der Waals surface area (Å²) >= 11 is 3.43. The van der Waals surface area contributed by atoms with Gasteiger partial charge >= 0.3 is 0 Å². The van der Waals surface area contributed by atoms with Gasteiger partial charge in [0.25, 0.3) is 0 Å². The van der Waals surface area contributed by atoms with Crippen LogP contribution < -0.4 is 15.4 Å². The molecule has 2 rings (SSSR count). The second-order valence-electron chi connectivity index (χ2n) is 6.86. The van der Waals surface area contributed by atoms with Gasteiger partial charge in [-0.05, 0) is 55.2 Å². The first kappa shape index (κ1) is 22.0. The standard InChI is InChI=1S/C22H27BrN2O3/c1-15(4-5-17-6-10-19(23)11-7-17)24-22(27)14-21(25-16(2)26)18-8-12-20(28-3)13-9-18/h6-13,15,21H,4-5,14H2,1-3H3,(H,24,27)(H,25,26). The Bertz CT molecular complexity index is 775. The van der Waals surface area contributed by atoms with Crippen LogP contribution in [-0.4, -0.2) is 25.0 Å². The Morgan fingerprint density at radius 2 is 1.68 bits per heavy atom. The summed E-state index contributed by atoms with van der Waals surface area (Å²) in [4.78, 5) is 24.1. The molecule has 150 valence electrons. The minimum absolute atomic E-state index is 0.0463. The maximum Gasteiger partial charge on any atom is 0.222 e. The molecule has 0 fully saturated rings. The van der Waals surface area contributed by atoms with Crippen molar-refractivity contribution in [1.29, 1.82) is 0 Å². The number of halogens is 1. The molecule has 6 heteroatoms. The molecule has 0 bridgehead atoms. The van der Waals surface area contributed by atoms with E-state index in [1.54, 1.807) is 7.11 Å². The summed E-state index contributed by atoms with van der Waals surface area (Å²) in [5.74, 6) is 0.478. The van der Waals surface area contributed by atoms with Gasteiger partial charge in [-0.15, -0.1) is 0 Å². The van der Waals surface area contributed by atoms with Crippen molar-refractivity contribution in [3.63, 3.8) is 0 Å². The number of aryl methyl sites for hydroxylation is 1. The van der Waals surface area contributed by atoms with Crippen LogP contribution in [0.15, 0.2) is 53.0 Å². The van der Waals surface area contributed by atoms with Gasteiger partial charge in [0.1, 0.15) is 5.75 Å². The molecule has 2 N–H and O–H groups in total. The summed E-state index contributed by atoms with van der Waals surface area (Å²) in [6.45, 7) is 3.45. The quantitative estimate of drug-likeness (QED) is 0.607. The second kappa shape index (κ2) is 10.9. The van der Waals surface area contributed by atoms with E-state index in [0.29, 0.717) is 0 Å². The number of hydrogen-bond acceptors (Lipinski definition) is 3. The number of methoxy groups -OCH3 is 1. The van der Waals surface area contributed by atoms with Crippen LogP contribution in [0.4, 0.5) is 0 Å². The largest absolute Gasteiger partial charge is 0.497 e. The van der Waals surface area contributed by atoms with Crippen molar-refractivity contribution >= 4 is 27.7 Å². The van der Waals surface area contributed by atoms with Gasteiger partial charge in [-0.1, -0.05) is 40.2 Å². The number of nitrogens with one attached hydrogen (secondary N) is 2. The molecule has 0 aromatic heterocycles. The minimum atomic E-state index is -0.373. The minimum Gasteiger partial charge on any atom is -0.497 e. The van der Waals surface area contributed by atoms with E-state index in [2.05, 4.69) is 38.7 Å². The molecule has 0 aliphatic carbocycles. The summed E-state index contributed by atoms with van der Waals surface area (Å²) < 4.78 is 6.22. The molecule has 2 aromatic rings. The van der Waals surface area contributed by atoms with E-state index < -0.39 is 0 Å². The van der Waals surface area contributed by atoms with Crippen molar-refractivity contribution in [3.05, 3.63) is 64.1 Å².